The highest BCUT2D eigenvalue weighted by Gasteiger charge is 2.52. The fourth-order valence-electron chi connectivity index (χ4n) is 5.78. The van der Waals surface area contributed by atoms with E-state index in [4.69, 9.17) is 9.26 Å². The Hall–Kier alpha value is -3.07. The van der Waals surface area contributed by atoms with Crippen molar-refractivity contribution in [2.24, 2.45) is 15.4 Å². The van der Waals surface area contributed by atoms with Crippen molar-refractivity contribution in [3.63, 3.8) is 0 Å². The van der Waals surface area contributed by atoms with E-state index in [-0.39, 0.29) is 29.7 Å². The molecule has 0 radical (unpaired) electrons. The Labute approximate surface area is 184 Å². The number of aliphatic imine (C=N–C) groups is 2. The SMILES string of the molecule is Cc1cc(C)n(-c2noc3c(F)c4c(cc23)CC2(C=NCN=C2)[C@H]2[C@H](C)O[C@H](C)CN42)n1. The maximum absolute atomic E-state index is 16.1. The Kier molecular flexibility index (Phi) is 4.11. The van der Waals surface area contributed by atoms with Gasteiger partial charge in [-0.25, -0.2) is 9.07 Å². The number of aryl methyl sites for hydroxylation is 2. The molecule has 1 fully saturated rings. The Morgan fingerprint density at radius 1 is 1.16 bits per heavy atom. The van der Waals surface area contributed by atoms with Crippen molar-refractivity contribution >= 4 is 29.1 Å². The first kappa shape index (κ1) is 19.6. The van der Waals surface area contributed by atoms with Crippen molar-refractivity contribution in [3.05, 3.63) is 34.9 Å². The zero-order valence-corrected chi connectivity index (χ0v) is 18.5. The number of hydrogen-bond donors (Lipinski definition) is 0. The van der Waals surface area contributed by atoms with Gasteiger partial charge >= 0.3 is 0 Å². The third-order valence-electron chi connectivity index (χ3n) is 6.79. The van der Waals surface area contributed by atoms with Crippen molar-refractivity contribution < 1.29 is 13.7 Å². The predicted octanol–water partition coefficient (Wildman–Crippen LogP) is 3.41. The van der Waals surface area contributed by atoms with Gasteiger partial charge in [-0.15, -0.1) is 0 Å². The number of hydrogen-bond acceptors (Lipinski definition) is 7. The van der Waals surface area contributed by atoms with Gasteiger partial charge in [0.15, 0.2) is 5.82 Å². The molecule has 166 valence electrons. The summed E-state index contributed by atoms with van der Waals surface area (Å²) in [4.78, 5) is 11.1. The van der Waals surface area contributed by atoms with Crippen molar-refractivity contribution in [2.45, 2.75) is 52.4 Å². The molecule has 1 spiro atoms. The normalized spacial score (nSPS) is 26.0. The van der Waals surface area contributed by atoms with Crippen LogP contribution in [0, 0.1) is 25.1 Å². The lowest BCUT2D eigenvalue weighted by molar-refractivity contribution is -0.0432. The second-order valence-corrected chi connectivity index (χ2v) is 9.22. The molecule has 5 heterocycles. The van der Waals surface area contributed by atoms with E-state index in [1.165, 1.54) is 0 Å². The molecule has 0 saturated carbocycles. The van der Waals surface area contributed by atoms with Crippen LogP contribution in [0.25, 0.3) is 16.8 Å². The highest BCUT2D eigenvalue weighted by atomic mass is 19.1. The number of halogens is 1. The first-order chi connectivity index (χ1) is 15.4. The monoisotopic (exact) mass is 436 g/mol. The summed E-state index contributed by atoms with van der Waals surface area (Å²) in [5.41, 5.74) is 2.93. The molecule has 3 aromatic rings. The molecule has 1 saturated heterocycles. The van der Waals surface area contributed by atoms with Crippen LogP contribution in [0.3, 0.4) is 0 Å². The summed E-state index contributed by atoms with van der Waals surface area (Å²) in [6.45, 7) is 8.92. The molecule has 0 amide bonds. The number of rotatable bonds is 1. The van der Waals surface area contributed by atoms with Crippen LogP contribution in [0.2, 0.25) is 0 Å². The number of fused-ring (bicyclic) bond motifs is 5. The summed E-state index contributed by atoms with van der Waals surface area (Å²) in [6, 6.07) is 3.85. The molecule has 2 aromatic heterocycles. The van der Waals surface area contributed by atoms with Crippen LogP contribution in [0.15, 0.2) is 26.6 Å². The molecule has 32 heavy (non-hydrogen) atoms. The molecule has 0 N–H and O–H groups in total. The van der Waals surface area contributed by atoms with Gasteiger partial charge in [-0.2, -0.15) is 5.10 Å². The summed E-state index contributed by atoms with van der Waals surface area (Å²) in [7, 11) is 0. The lowest BCUT2D eigenvalue weighted by Gasteiger charge is -2.54. The minimum absolute atomic E-state index is 0.0307. The van der Waals surface area contributed by atoms with Gasteiger partial charge in [0.25, 0.3) is 0 Å². The molecular formula is C23H25FN6O2. The standard InChI is InChI=1S/C23H25FN6O2/c1-12-5-13(2)30(27-12)22-17-6-16-7-23(9-25-11-26-10-23)21-15(4)31-14(3)8-29(21)19(16)18(24)20(17)32-28-22/h5-6,9-10,14-15,21H,7-8,11H2,1-4H3/t14-,15+,21-/m1/s1. The lowest BCUT2D eigenvalue weighted by atomic mass is 9.69. The van der Waals surface area contributed by atoms with Crippen molar-refractivity contribution in [1.29, 1.82) is 0 Å². The number of benzene rings is 1. The van der Waals surface area contributed by atoms with Crippen LogP contribution in [-0.2, 0) is 11.2 Å². The summed E-state index contributed by atoms with van der Waals surface area (Å²) in [5.74, 6) is 0.113. The quantitative estimate of drug-likeness (QED) is 0.584. The molecule has 8 nitrogen and oxygen atoms in total. The van der Waals surface area contributed by atoms with Gasteiger partial charge in [-0.05, 0) is 51.8 Å². The number of nitrogens with zero attached hydrogens (tertiary/aromatic N) is 6. The Morgan fingerprint density at radius 3 is 2.66 bits per heavy atom. The second kappa shape index (κ2) is 6.71. The smallest absolute Gasteiger partial charge is 0.206 e. The van der Waals surface area contributed by atoms with Crippen LogP contribution in [0.5, 0.6) is 0 Å². The summed E-state index contributed by atoms with van der Waals surface area (Å²) in [6.07, 6.45) is 4.39. The third kappa shape index (κ3) is 2.63. The van der Waals surface area contributed by atoms with E-state index in [9.17, 15) is 0 Å². The van der Waals surface area contributed by atoms with Crippen LogP contribution in [0.1, 0.15) is 30.8 Å². The van der Waals surface area contributed by atoms with Crippen LogP contribution in [0.4, 0.5) is 10.1 Å². The lowest BCUT2D eigenvalue weighted by Crippen LogP contribution is -2.65. The average Bonchev–Trinajstić information content (AvgIpc) is 3.30. The van der Waals surface area contributed by atoms with E-state index in [1.54, 1.807) is 4.68 Å². The Bertz CT molecular complexity index is 1280. The minimum atomic E-state index is -0.458. The topological polar surface area (TPSA) is 81.0 Å². The molecule has 3 atom stereocenters. The van der Waals surface area contributed by atoms with Crippen LogP contribution < -0.4 is 4.90 Å². The van der Waals surface area contributed by atoms with Gasteiger partial charge in [-0.3, -0.25) is 9.98 Å². The summed E-state index contributed by atoms with van der Waals surface area (Å²) < 4.78 is 29.5. The molecule has 0 aliphatic carbocycles. The van der Waals surface area contributed by atoms with Gasteiger partial charge in [-0.1, -0.05) is 5.16 Å². The molecule has 0 unspecified atom stereocenters. The van der Waals surface area contributed by atoms with Crippen LogP contribution >= 0.6 is 0 Å². The molecule has 1 aromatic carbocycles. The first-order valence-electron chi connectivity index (χ1n) is 11.0. The van der Waals surface area contributed by atoms with Gasteiger partial charge in [0, 0.05) is 24.7 Å². The number of aromatic nitrogens is 3. The highest BCUT2D eigenvalue weighted by molar-refractivity contribution is 5.96. The minimum Gasteiger partial charge on any atom is -0.372 e. The van der Waals surface area contributed by atoms with E-state index in [1.807, 2.05) is 52.3 Å². The van der Waals surface area contributed by atoms with Gasteiger partial charge in [0.1, 0.15) is 6.67 Å². The summed E-state index contributed by atoms with van der Waals surface area (Å²) >= 11 is 0. The fraction of sp³-hybridized carbons (Fsp3) is 0.478. The molecule has 3 aliphatic rings. The Morgan fingerprint density at radius 2 is 1.94 bits per heavy atom. The molecule has 9 heteroatoms. The van der Waals surface area contributed by atoms with Crippen molar-refractivity contribution in [1.82, 2.24) is 14.9 Å². The molecule has 0 bridgehead atoms. The average molecular weight is 436 g/mol. The summed E-state index contributed by atoms with van der Waals surface area (Å²) in [5, 5.41) is 9.33. The Balaban J connectivity index is 1.59. The maximum Gasteiger partial charge on any atom is 0.206 e. The largest absolute Gasteiger partial charge is 0.372 e. The fourth-order valence-corrected chi connectivity index (χ4v) is 5.78. The zero-order valence-electron chi connectivity index (χ0n) is 18.5. The van der Waals surface area contributed by atoms with E-state index < -0.39 is 5.41 Å². The van der Waals surface area contributed by atoms with E-state index >= 15 is 4.39 Å². The maximum atomic E-state index is 16.1. The number of morpholine rings is 1. The van der Waals surface area contributed by atoms with Crippen molar-refractivity contribution in [3.8, 4) is 5.82 Å². The van der Waals surface area contributed by atoms with Crippen molar-refractivity contribution in [2.75, 3.05) is 18.1 Å². The zero-order chi connectivity index (χ0) is 22.2. The predicted molar refractivity (Wildman–Crippen MR) is 120 cm³/mol. The molecule has 3 aliphatic heterocycles. The second-order valence-electron chi connectivity index (χ2n) is 9.22. The number of anilines is 1. The first-order valence-corrected chi connectivity index (χ1v) is 11.0. The van der Waals surface area contributed by atoms with Gasteiger partial charge in [0.05, 0.1) is 40.4 Å². The van der Waals surface area contributed by atoms with E-state index in [2.05, 4.69) is 25.1 Å². The molecular weight excluding hydrogens is 411 g/mol. The van der Waals surface area contributed by atoms with Crippen LogP contribution in [-0.4, -0.2) is 58.8 Å². The van der Waals surface area contributed by atoms with Gasteiger partial charge < -0.3 is 14.2 Å². The van der Waals surface area contributed by atoms with E-state index in [0.29, 0.717) is 36.5 Å². The van der Waals surface area contributed by atoms with Gasteiger partial charge in [0.2, 0.25) is 11.4 Å². The number of ether oxygens (including phenoxy) is 1. The highest BCUT2D eigenvalue weighted by Crippen LogP contribution is 2.47. The molecule has 6 rings (SSSR count). The van der Waals surface area contributed by atoms with E-state index in [0.717, 1.165) is 17.0 Å². The third-order valence-corrected chi connectivity index (χ3v) is 6.79.